The van der Waals surface area contributed by atoms with Gasteiger partial charge in [0.2, 0.25) is 5.95 Å². The van der Waals surface area contributed by atoms with Gasteiger partial charge < -0.3 is 5.73 Å². The highest BCUT2D eigenvalue weighted by atomic mass is 79.9. The molecule has 19 heavy (non-hydrogen) atoms. The summed E-state index contributed by atoms with van der Waals surface area (Å²) in [6.07, 6.45) is 4.67. The van der Waals surface area contributed by atoms with E-state index >= 15 is 0 Å². The number of aryl methyl sites for hydroxylation is 1. The molecule has 3 rings (SSSR count). The molecule has 0 aromatic carbocycles. The monoisotopic (exact) mass is 337 g/mol. The summed E-state index contributed by atoms with van der Waals surface area (Å²) >= 11 is 5.08. The van der Waals surface area contributed by atoms with Gasteiger partial charge in [-0.05, 0) is 28.4 Å². The first kappa shape index (κ1) is 12.6. The molecule has 0 aliphatic carbocycles. The van der Waals surface area contributed by atoms with Crippen LogP contribution in [0.3, 0.4) is 0 Å². The second kappa shape index (κ2) is 4.90. The largest absolute Gasteiger partial charge is 0.369 e. The van der Waals surface area contributed by atoms with E-state index in [2.05, 4.69) is 37.8 Å². The molecule has 0 spiro atoms. The van der Waals surface area contributed by atoms with Crippen LogP contribution in [-0.4, -0.2) is 19.5 Å². The Morgan fingerprint density at radius 2 is 2.21 bits per heavy atom. The lowest BCUT2D eigenvalue weighted by molar-refractivity contribution is 0.819. The predicted octanol–water partition coefficient (Wildman–Crippen LogP) is 2.84. The number of aromatic nitrogens is 4. The molecule has 0 amide bonds. The minimum atomic E-state index is 0.467. The highest BCUT2D eigenvalue weighted by molar-refractivity contribution is 9.10. The van der Waals surface area contributed by atoms with Gasteiger partial charge in [-0.1, -0.05) is 6.92 Å². The summed E-state index contributed by atoms with van der Waals surface area (Å²) in [6, 6.07) is 1.91. The molecule has 0 saturated heterocycles. The number of nitrogens with zero attached hydrogens (tertiary/aromatic N) is 4. The molecule has 0 aliphatic heterocycles. The van der Waals surface area contributed by atoms with Crippen molar-refractivity contribution in [2.75, 3.05) is 5.73 Å². The Bertz CT molecular complexity index is 733. The van der Waals surface area contributed by atoms with E-state index in [1.54, 1.807) is 17.5 Å². The third-order valence-corrected chi connectivity index (χ3v) is 4.38. The zero-order chi connectivity index (χ0) is 13.4. The Labute approximate surface area is 122 Å². The second-order valence-electron chi connectivity index (χ2n) is 4.13. The molecule has 0 radical (unpaired) electrons. The van der Waals surface area contributed by atoms with Gasteiger partial charge in [0.05, 0.1) is 6.54 Å². The van der Waals surface area contributed by atoms with E-state index in [1.807, 2.05) is 16.8 Å². The van der Waals surface area contributed by atoms with Crippen molar-refractivity contribution in [1.29, 1.82) is 0 Å². The van der Waals surface area contributed by atoms with Crippen LogP contribution in [0.15, 0.2) is 22.9 Å². The first-order chi connectivity index (χ1) is 9.17. The molecule has 0 fully saturated rings. The maximum absolute atomic E-state index is 5.96. The van der Waals surface area contributed by atoms with Gasteiger partial charge in [0.25, 0.3) is 0 Å². The fourth-order valence-corrected chi connectivity index (χ4v) is 3.05. The van der Waals surface area contributed by atoms with Crippen molar-refractivity contribution in [3.63, 3.8) is 0 Å². The number of thiazole rings is 1. The highest BCUT2D eigenvalue weighted by Crippen LogP contribution is 2.22. The van der Waals surface area contributed by atoms with Gasteiger partial charge in [0.1, 0.15) is 10.5 Å². The average molecular weight is 338 g/mol. The van der Waals surface area contributed by atoms with Gasteiger partial charge in [-0.3, -0.25) is 4.57 Å². The Morgan fingerprint density at radius 1 is 1.37 bits per heavy atom. The number of fused-ring (bicyclic) bond motifs is 1. The fraction of sp³-hybridized carbons (Fsp3) is 0.250. The van der Waals surface area contributed by atoms with Crippen LogP contribution >= 0.6 is 27.3 Å². The van der Waals surface area contributed by atoms with E-state index in [9.17, 15) is 0 Å². The molecule has 3 heterocycles. The topological polar surface area (TPSA) is 69.6 Å². The molecular weight excluding hydrogens is 326 g/mol. The van der Waals surface area contributed by atoms with Crippen LogP contribution in [0.25, 0.3) is 11.2 Å². The predicted molar refractivity (Wildman–Crippen MR) is 80.2 cm³/mol. The SMILES string of the molecule is CCc1cnc(Cn2c(N)nc3cc(Br)cnc32)s1. The maximum Gasteiger partial charge on any atom is 0.202 e. The van der Waals surface area contributed by atoms with Gasteiger partial charge in [0.15, 0.2) is 5.65 Å². The van der Waals surface area contributed by atoms with Crippen molar-refractivity contribution in [2.24, 2.45) is 0 Å². The Balaban J connectivity index is 2.02. The van der Waals surface area contributed by atoms with Crippen LogP contribution in [0, 0.1) is 0 Å². The first-order valence-electron chi connectivity index (χ1n) is 5.88. The van der Waals surface area contributed by atoms with Crippen LogP contribution < -0.4 is 5.73 Å². The number of pyridine rings is 1. The number of nitrogen functional groups attached to an aromatic ring is 1. The van der Waals surface area contributed by atoms with Gasteiger partial charge >= 0.3 is 0 Å². The quantitative estimate of drug-likeness (QED) is 0.797. The van der Waals surface area contributed by atoms with Crippen molar-refractivity contribution in [3.8, 4) is 0 Å². The van der Waals surface area contributed by atoms with Crippen molar-refractivity contribution in [3.05, 3.63) is 32.8 Å². The van der Waals surface area contributed by atoms with E-state index in [4.69, 9.17) is 5.73 Å². The smallest absolute Gasteiger partial charge is 0.202 e. The summed E-state index contributed by atoms with van der Waals surface area (Å²) in [5.74, 6) is 0.467. The lowest BCUT2D eigenvalue weighted by Gasteiger charge is -2.02. The zero-order valence-electron chi connectivity index (χ0n) is 10.3. The molecule has 3 aromatic heterocycles. The van der Waals surface area contributed by atoms with E-state index < -0.39 is 0 Å². The summed E-state index contributed by atoms with van der Waals surface area (Å²) in [5, 5.41) is 1.02. The minimum Gasteiger partial charge on any atom is -0.369 e. The molecule has 0 aliphatic rings. The summed E-state index contributed by atoms with van der Waals surface area (Å²) in [4.78, 5) is 14.4. The Morgan fingerprint density at radius 3 is 2.95 bits per heavy atom. The molecule has 7 heteroatoms. The maximum atomic E-state index is 5.96. The van der Waals surface area contributed by atoms with E-state index in [-0.39, 0.29) is 0 Å². The first-order valence-corrected chi connectivity index (χ1v) is 7.49. The molecule has 0 bridgehead atoms. The number of imidazole rings is 1. The van der Waals surface area contributed by atoms with E-state index in [0.717, 1.165) is 27.1 Å². The normalized spacial score (nSPS) is 11.3. The Hall–Kier alpha value is -1.47. The lowest BCUT2D eigenvalue weighted by Crippen LogP contribution is -2.04. The number of hydrogen-bond donors (Lipinski definition) is 1. The molecular formula is C12H12BrN5S. The van der Waals surface area contributed by atoms with Crippen LogP contribution in [0.4, 0.5) is 5.95 Å². The number of hydrogen-bond acceptors (Lipinski definition) is 5. The average Bonchev–Trinajstić information content (AvgIpc) is 2.95. The summed E-state index contributed by atoms with van der Waals surface area (Å²) in [6.45, 7) is 2.74. The molecule has 98 valence electrons. The van der Waals surface area contributed by atoms with Crippen molar-refractivity contribution in [1.82, 2.24) is 19.5 Å². The molecule has 2 N–H and O–H groups in total. The van der Waals surface area contributed by atoms with Crippen LogP contribution in [0.1, 0.15) is 16.8 Å². The standard InChI is InChI=1S/C12H12BrN5S/c1-2-8-5-15-10(19-8)6-18-11-9(17-12(18)14)3-7(13)4-16-11/h3-5H,2,6H2,1H3,(H2,14,17). The third-order valence-electron chi connectivity index (χ3n) is 2.82. The minimum absolute atomic E-state index is 0.467. The summed E-state index contributed by atoms with van der Waals surface area (Å²) < 4.78 is 2.78. The van der Waals surface area contributed by atoms with Gasteiger partial charge in [-0.15, -0.1) is 11.3 Å². The van der Waals surface area contributed by atoms with Gasteiger partial charge in [-0.2, -0.15) is 0 Å². The van der Waals surface area contributed by atoms with Gasteiger partial charge in [-0.25, -0.2) is 15.0 Å². The van der Waals surface area contributed by atoms with E-state index in [1.165, 1.54) is 4.88 Å². The van der Waals surface area contributed by atoms with Crippen LogP contribution in [0.2, 0.25) is 0 Å². The summed E-state index contributed by atoms with van der Waals surface area (Å²) in [7, 11) is 0. The van der Waals surface area contributed by atoms with Gasteiger partial charge in [0, 0.05) is 21.7 Å². The highest BCUT2D eigenvalue weighted by Gasteiger charge is 2.12. The van der Waals surface area contributed by atoms with Crippen molar-refractivity contribution < 1.29 is 0 Å². The molecule has 3 aromatic rings. The fourth-order valence-electron chi connectivity index (χ4n) is 1.88. The Kier molecular flexibility index (Phi) is 3.24. The zero-order valence-corrected chi connectivity index (χ0v) is 12.7. The second-order valence-corrected chi connectivity index (χ2v) is 6.24. The number of rotatable bonds is 3. The number of anilines is 1. The van der Waals surface area contributed by atoms with Crippen molar-refractivity contribution in [2.45, 2.75) is 19.9 Å². The lowest BCUT2D eigenvalue weighted by atomic mass is 10.4. The summed E-state index contributed by atoms with van der Waals surface area (Å²) in [5.41, 5.74) is 7.54. The van der Waals surface area contributed by atoms with Crippen molar-refractivity contribution >= 4 is 44.4 Å². The molecule has 0 unspecified atom stereocenters. The molecule has 0 atom stereocenters. The van der Waals surface area contributed by atoms with E-state index in [0.29, 0.717) is 12.5 Å². The number of nitrogens with two attached hydrogens (primary N) is 1. The molecule has 5 nitrogen and oxygen atoms in total. The van der Waals surface area contributed by atoms with Crippen LogP contribution in [0.5, 0.6) is 0 Å². The third kappa shape index (κ3) is 2.35. The van der Waals surface area contributed by atoms with Crippen LogP contribution in [-0.2, 0) is 13.0 Å². The number of halogens is 1. The molecule has 0 saturated carbocycles.